The lowest BCUT2D eigenvalue weighted by molar-refractivity contribution is 0.0230. The standard InChI is InChI=1S/C28H35N3O4/c1-19-25(12-9-22-14-20(16-30-26(19)22)15-29-18-28(2,3)33-4)31-27(32)21-7-10-23(11-8-21)35-17-24-6-5-13-34-24/h7-12,14,16,24,29H,5-6,13,15,17-18H2,1-4H3,(H,31,32). The Hall–Kier alpha value is -3.00. The van der Waals surface area contributed by atoms with Crippen molar-refractivity contribution in [3.8, 4) is 5.75 Å². The number of carbonyl (C=O) groups is 1. The number of nitrogens with zero attached hydrogens (tertiary/aromatic N) is 1. The first-order valence-electron chi connectivity index (χ1n) is 12.1. The highest BCUT2D eigenvalue weighted by Gasteiger charge is 2.17. The third-order valence-electron chi connectivity index (χ3n) is 6.42. The second-order valence-corrected chi connectivity index (χ2v) is 9.65. The summed E-state index contributed by atoms with van der Waals surface area (Å²) in [5.74, 6) is 0.568. The van der Waals surface area contributed by atoms with Gasteiger partial charge in [0.05, 0.1) is 17.2 Å². The van der Waals surface area contributed by atoms with E-state index >= 15 is 0 Å². The number of carbonyl (C=O) groups excluding carboxylic acids is 1. The van der Waals surface area contributed by atoms with E-state index < -0.39 is 0 Å². The van der Waals surface area contributed by atoms with Crippen LogP contribution in [0.4, 0.5) is 5.69 Å². The second-order valence-electron chi connectivity index (χ2n) is 9.65. The number of benzene rings is 2. The van der Waals surface area contributed by atoms with Gasteiger partial charge in [-0.05, 0) is 81.1 Å². The molecule has 1 unspecified atom stereocenters. The molecule has 35 heavy (non-hydrogen) atoms. The van der Waals surface area contributed by atoms with Crippen LogP contribution < -0.4 is 15.4 Å². The van der Waals surface area contributed by atoms with Crippen LogP contribution in [-0.4, -0.2) is 49.5 Å². The SMILES string of the molecule is COC(C)(C)CNCc1cnc2c(C)c(NC(=O)c3ccc(OCC4CCCO4)cc3)ccc2c1. The Labute approximate surface area is 207 Å². The molecular weight excluding hydrogens is 442 g/mol. The largest absolute Gasteiger partial charge is 0.491 e. The van der Waals surface area contributed by atoms with Gasteiger partial charge in [0.25, 0.3) is 5.91 Å². The molecule has 0 bridgehead atoms. The number of anilines is 1. The number of methoxy groups -OCH3 is 1. The first-order chi connectivity index (χ1) is 16.8. The molecule has 2 N–H and O–H groups in total. The van der Waals surface area contributed by atoms with Gasteiger partial charge in [0.2, 0.25) is 0 Å². The van der Waals surface area contributed by atoms with Crippen molar-refractivity contribution in [1.29, 1.82) is 0 Å². The molecule has 1 aliphatic rings. The summed E-state index contributed by atoms with van der Waals surface area (Å²) in [7, 11) is 1.72. The molecule has 1 fully saturated rings. The average Bonchev–Trinajstić information content (AvgIpc) is 3.38. The quantitative estimate of drug-likeness (QED) is 0.434. The Morgan fingerprint density at radius 1 is 1.20 bits per heavy atom. The van der Waals surface area contributed by atoms with Crippen LogP contribution in [0.25, 0.3) is 10.9 Å². The fourth-order valence-electron chi connectivity index (χ4n) is 4.07. The maximum absolute atomic E-state index is 12.8. The highest BCUT2D eigenvalue weighted by atomic mass is 16.5. The van der Waals surface area contributed by atoms with Crippen LogP contribution >= 0.6 is 0 Å². The molecule has 186 valence electrons. The molecule has 2 heterocycles. The minimum atomic E-state index is -0.217. The number of ether oxygens (including phenoxy) is 3. The summed E-state index contributed by atoms with van der Waals surface area (Å²) < 4.78 is 16.8. The van der Waals surface area contributed by atoms with Crippen molar-refractivity contribution in [3.63, 3.8) is 0 Å². The van der Waals surface area contributed by atoms with Crippen molar-refractivity contribution in [2.75, 3.05) is 32.2 Å². The van der Waals surface area contributed by atoms with E-state index in [0.717, 1.165) is 59.5 Å². The molecule has 0 saturated carbocycles. The predicted octanol–water partition coefficient (Wildman–Crippen LogP) is 4.87. The van der Waals surface area contributed by atoms with Gasteiger partial charge in [0.15, 0.2) is 0 Å². The maximum Gasteiger partial charge on any atom is 0.255 e. The summed E-state index contributed by atoms with van der Waals surface area (Å²) in [6, 6.07) is 13.3. The summed E-state index contributed by atoms with van der Waals surface area (Å²) in [6.45, 7) is 8.87. The van der Waals surface area contributed by atoms with Gasteiger partial charge in [-0.3, -0.25) is 9.78 Å². The average molecular weight is 478 g/mol. The zero-order chi connectivity index (χ0) is 24.8. The van der Waals surface area contributed by atoms with E-state index in [2.05, 4.69) is 21.7 Å². The predicted molar refractivity (Wildman–Crippen MR) is 138 cm³/mol. The zero-order valence-corrected chi connectivity index (χ0v) is 21.0. The lowest BCUT2D eigenvalue weighted by Crippen LogP contribution is -2.36. The summed E-state index contributed by atoms with van der Waals surface area (Å²) in [5, 5.41) is 7.48. The maximum atomic E-state index is 12.8. The Balaban J connectivity index is 1.37. The van der Waals surface area contributed by atoms with Crippen LogP contribution in [0.2, 0.25) is 0 Å². The van der Waals surface area contributed by atoms with E-state index in [9.17, 15) is 4.79 Å². The van der Waals surface area contributed by atoms with Gasteiger partial charge in [0.1, 0.15) is 12.4 Å². The fraction of sp³-hybridized carbons (Fsp3) is 0.429. The number of rotatable bonds is 10. The third-order valence-corrected chi connectivity index (χ3v) is 6.42. The molecule has 0 radical (unpaired) electrons. The lowest BCUT2D eigenvalue weighted by atomic mass is 10.1. The van der Waals surface area contributed by atoms with Crippen LogP contribution in [0, 0.1) is 6.92 Å². The summed E-state index contributed by atoms with van der Waals surface area (Å²) in [6.07, 6.45) is 4.16. The van der Waals surface area contributed by atoms with Crippen LogP contribution in [0.15, 0.2) is 48.7 Å². The highest BCUT2D eigenvalue weighted by molar-refractivity contribution is 6.06. The summed E-state index contributed by atoms with van der Waals surface area (Å²) in [4.78, 5) is 17.5. The van der Waals surface area contributed by atoms with E-state index in [1.54, 1.807) is 19.2 Å². The smallest absolute Gasteiger partial charge is 0.255 e. The molecule has 0 spiro atoms. The molecular formula is C28H35N3O4. The van der Waals surface area contributed by atoms with Crippen molar-refractivity contribution >= 4 is 22.5 Å². The molecule has 7 nitrogen and oxygen atoms in total. The number of aromatic nitrogens is 1. The van der Waals surface area contributed by atoms with E-state index in [4.69, 9.17) is 14.2 Å². The summed E-state index contributed by atoms with van der Waals surface area (Å²) >= 11 is 0. The molecule has 1 amide bonds. The normalized spacial score (nSPS) is 15.9. The van der Waals surface area contributed by atoms with Crippen molar-refractivity contribution < 1.29 is 19.0 Å². The van der Waals surface area contributed by atoms with Gasteiger partial charge in [-0.15, -0.1) is 0 Å². The zero-order valence-electron chi connectivity index (χ0n) is 21.0. The Morgan fingerprint density at radius 3 is 2.71 bits per heavy atom. The molecule has 7 heteroatoms. The molecule has 2 aromatic carbocycles. The number of pyridine rings is 1. The van der Waals surface area contributed by atoms with Crippen LogP contribution in [0.1, 0.15) is 48.2 Å². The van der Waals surface area contributed by atoms with Gasteiger partial charge in [-0.25, -0.2) is 0 Å². The van der Waals surface area contributed by atoms with E-state index in [1.807, 2.05) is 51.2 Å². The lowest BCUT2D eigenvalue weighted by Gasteiger charge is -2.23. The van der Waals surface area contributed by atoms with Crippen molar-refractivity contribution in [2.24, 2.45) is 0 Å². The molecule has 4 rings (SSSR count). The van der Waals surface area contributed by atoms with Crippen molar-refractivity contribution in [3.05, 3.63) is 65.4 Å². The van der Waals surface area contributed by atoms with Crippen molar-refractivity contribution in [2.45, 2.75) is 51.9 Å². The molecule has 1 aliphatic heterocycles. The second kappa shape index (κ2) is 11.2. The topological polar surface area (TPSA) is 81.7 Å². The van der Waals surface area contributed by atoms with Crippen molar-refractivity contribution in [1.82, 2.24) is 10.3 Å². The number of fused-ring (bicyclic) bond motifs is 1. The summed E-state index contributed by atoms with van der Waals surface area (Å²) in [5.41, 5.74) is 4.02. The van der Waals surface area contributed by atoms with Crippen LogP contribution in [0.3, 0.4) is 0 Å². The van der Waals surface area contributed by atoms with E-state index in [1.165, 1.54) is 0 Å². The fourth-order valence-corrected chi connectivity index (χ4v) is 4.07. The minimum absolute atomic E-state index is 0.164. The number of aryl methyl sites for hydroxylation is 1. The van der Waals surface area contributed by atoms with Crippen LogP contribution in [0.5, 0.6) is 5.75 Å². The third kappa shape index (κ3) is 6.57. The number of amides is 1. The number of nitrogens with one attached hydrogen (secondary N) is 2. The Morgan fingerprint density at radius 2 is 2.00 bits per heavy atom. The van der Waals surface area contributed by atoms with Gasteiger partial charge in [-0.1, -0.05) is 6.07 Å². The molecule has 3 aromatic rings. The molecule has 0 aliphatic carbocycles. The first-order valence-corrected chi connectivity index (χ1v) is 12.1. The van der Waals surface area contributed by atoms with Gasteiger partial charge in [-0.2, -0.15) is 0 Å². The van der Waals surface area contributed by atoms with Crippen LogP contribution in [-0.2, 0) is 16.0 Å². The van der Waals surface area contributed by atoms with E-state index in [-0.39, 0.29) is 17.6 Å². The Kier molecular flexibility index (Phi) is 8.00. The van der Waals surface area contributed by atoms with Gasteiger partial charge in [0, 0.05) is 49.6 Å². The molecule has 1 atom stereocenters. The van der Waals surface area contributed by atoms with E-state index in [0.29, 0.717) is 18.7 Å². The Bertz CT molecular complexity index is 1150. The highest BCUT2D eigenvalue weighted by Crippen LogP contribution is 2.25. The number of hydrogen-bond acceptors (Lipinski definition) is 6. The number of hydrogen-bond donors (Lipinski definition) is 2. The first kappa shape index (κ1) is 25.1. The van der Waals surface area contributed by atoms with Gasteiger partial charge < -0.3 is 24.8 Å². The minimum Gasteiger partial charge on any atom is -0.491 e. The molecule has 1 aromatic heterocycles. The monoisotopic (exact) mass is 477 g/mol. The molecule has 1 saturated heterocycles. The van der Waals surface area contributed by atoms with Gasteiger partial charge >= 0.3 is 0 Å².